The molecule has 0 aromatic carbocycles. The van der Waals surface area contributed by atoms with Gasteiger partial charge >= 0.3 is 6.18 Å². The molecule has 0 saturated heterocycles. The van der Waals surface area contributed by atoms with Crippen LogP contribution in [-0.4, -0.2) is 35.2 Å². The van der Waals surface area contributed by atoms with E-state index in [1.165, 1.54) is 4.68 Å². The molecule has 3 heterocycles. The van der Waals surface area contributed by atoms with E-state index in [2.05, 4.69) is 20.6 Å². The van der Waals surface area contributed by atoms with Crippen molar-refractivity contribution in [3.63, 3.8) is 0 Å². The molecule has 0 bridgehead atoms. The van der Waals surface area contributed by atoms with Gasteiger partial charge in [-0.15, -0.1) is 0 Å². The number of rotatable bonds is 7. The summed E-state index contributed by atoms with van der Waals surface area (Å²) in [6.45, 7) is 4.86. The number of nitrogens with zero attached hydrogens (tertiary/aromatic N) is 6. The minimum absolute atomic E-state index is 0.151. The van der Waals surface area contributed by atoms with Gasteiger partial charge in [0, 0.05) is 35.8 Å². The van der Waals surface area contributed by atoms with Crippen LogP contribution in [0.1, 0.15) is 55.2 Å². The van der Waals surface area contributed by atoms with Crippen LogP contribution in [-0.2, 0) is 36.9 Å². The van der Waals surface area contributed by atoms with Crippen molar-refractivity contribution in [2.45, 2.75) is 64.8 Å². The highest BCUT2D eigenvalue weighted by Crippen LogP contribution is 2.38. The van der Waals surface area contributed by atoms with Gasteiger partial charge in [0.05, 0.1) is 12.7 Å². The molecular formula is C20H23ClF3N7O. The van der Waals surface area contributed by atoms with E-state index in [0.29, 0.717) is 31.5 Å². The molecule has 1 aliphatic rings. The summed E-state index contributed by atoms with van der Waals surface area (Å²) in [7, 11) is 0. The summed E-state index contributed by atoms with van der Waals surface area (Å²) in [6.07, 6.45) is 2.29. The monoisotopic (exact) mass is 469 g/mol. The van der Waals surface area contributed by atoms with Crippen LogP contribution in [0.4, 0.5) is 19.0 Å². The number of aromatic nitrogens is 6. The van der Waals surface area contributed by atoms with Crippen molar-refractivity contribution in [3.05, 3.63) is 46.1 Å². The Morgan fingerprint density at radius 3 is 2.66 bits per heavy atom. The summed E-state index contributed by atoms with van der Waals surface area (Å²) in [5.74, 6) is -0.359. The summed E-state index contributed by atoms with van der Waals surface area (Å²) in [4.78, 5) is 13.0. The number of hydrogen-bond acceptors (Lipinski definition) is 4. The summed E-state index contributed by atoms with van der Waals surface area (Å²) in [6, 6.07) is -0.901. The van der Waals surface area contributed by atoms with Crippen molar-refractivity contribution in [2.24, 2.45) is 0 Å². The average Bonchev–Trinajstić information content (AvgIpc) is 3.48. The smallest absolute Gasteiger partial charge is 0.306 e. The van der Waals surface area contributed by atoms with Crippen molar-refractivity contribution in [3.8, 4) is 0 Å². The molecule has 0 spiro atoms. The predicted molar refractivity (Wildman–Crippen MR) is 111 cm³/mol. The lowest BCUT2D eigenvalue weighted by Gasteiger charge is -2.17. The number of carbonyl (C=O) groups is 1. The Bertz CT molecular complexity index is 1130. The second kappa shape index (κ2) is 8.61. The fraction of sp³-hybridized carbons (Fsp3) is 0.500. The minimum atomic E-state index is -4.55. The normalized spacial score (nSPS) is 14.6. The number of carbonyl (C=O) groups excluding carboxylic acids is 1. The number of anilines is 1. The second-order valence-corrected chi connectivity index (χ2v) is 8.12. The van der Waals surface area contributed by atoms with Crippen molar-refractivity contribution in [2.75, 3.05) is 5.32 Å². The molecule has 0 radical (unpaired) electrons. The maximum atomic E-state index is 13.4. The van der Waals surface area contributed by atoms with Crippen LogP contribution < -0.4 is 5.32 Å². The Kier molecular flexibility index (Phi) is 6.02. The summed E-state index contributed by atoms with van der Waals surface area (Å²) < 4.78 is 44.8. The predicted octanol–water partition coefficient (Wildman–Crippen LogP) is 4.10. The van der Waals surface area contributed by atoms with Crippen LogP contribution in [0.2, 0.25) is 5.02 Å². The van der Waals surface area contributed by atoms with E-state index in [9.17, 15) is 18.0 Å². The summed E-state index contributed by atoms with van der Waals surface area (Å²) in [5.41, 5.74) is 0.691. The van der Waals surface area contributed by atoms with Gasteiger partial charge in [-0.2, -0.15) is 28.5 Å². The molecule has 0 unspecified atom stereocenters. The molecular weight excluding hydrogens is 447 g/mol. The van der Waals surface area contributed by atoms with Gasteiger partial charge in [0.15, 0.2) is 11.5 Å². The van der Waals surface area contributed by atoms with Crippen molar-refractivity contribution >= 4 is 23.3 Å². The first-order chi connectivity index (χ1) is 15.2. The van der Waals surface area contributed by atoms with Gasteiger partial charge in [-0.1, -0.05) is 18.5 Å². The fourth-order valence-electron chi connectivity index (χ4n) is 4.03. The Morgan fingerprint density at radius 2 is 2.00 bits per heavy atom. The topological polar surface area (TPSA) is 82.6 Å². The fourth-order valence-corrected chi connectivity index (χ4v) is 4.23. The molecule has 0 aliphatic heterocycles. The van der Waals surface area contributed by atoms with Crippen molar-refractivity contribution in [1.82, 2.24) is 29.3 Å². The quantitative estimate of drug-likeness (QED) is 0.565. The third-order valence-corrected chi connectivity index (χ3v) is 5.80. The Labute approximate surface area is 187 Å². The second-order valence-electron chi connectivity index (χ2n) is 7.71. The van der Waals surface area contributed by atoms with Gasteiger partial charge in [0.25, 0.3) is 0 Å². The molecule has 1 amide bonds. The number of alkyl halides is 3. The highest BCUT2D eigenvalue weighted by Gasteiger charge is 2.41. The van der Waals surface area contributed by atoms with Gasteiger partial charge in [-0.05, 0) is 32.6 Å². The van der Waals surface area contributed by atoms with Crippen LogP contribution in [0, 0.1) is 0 Å². The van der Waals surface area contributed by atoms with Gasteiger partial charge in [-0.3, -0.25) is 18.8 Å². The molecule has 32 heavy (non-hydrogen) atoms. The SMILES string of the molecule is CC[C@@H](C(=O)Nc1nn(Cc2cnn(CC)c2)cc1Cl)n1nc(C(F)(F)F)c2c1CCC2. The van der Waals surface area contributed by atoms with Crippen LogP contribution in [0.15, 0.2) is 18.6 Å². The first-order valence-corrected chi connectivity index (χ1v) is 10.8. The van der Waals surface area contributed by atoms with E-state index in [4.69, 9.17) is 11.6 Å². The number of hydrogen-bond donors (Lipinski definition) is 1. The number of amides is 1. The third kappa shape index (κ3) is 4.25. The number of fused-ring (bicyclic) bond motifs is 1. The van der Waals surface area contributed by atoms with Crippen LogP contribution >= 0.6 is 11.6 Å². The van der Waals surface area contributed by atoms with Crippen LogP contribution in [0.25, 0.3) is 0 Å². The van der Waals surface area contributed by atoms with E-state index < -0.39 is 23.8 Å². The van der Waals surface area contributed by atoms with E-state index >= 15 is 0 Å². The standard InChI is InChI=1S/C20H23ClF3N7O/c1-3-15(31-16-7-5-6-13(16)17(27-31)20(22,23)24)19(32)26-18-14(21)11-30(28-18)10-12-8-25-29(4-2)9-12/h8-9,11,15H,3-7,10H2,1-2H3,(H,26,28,32)/t15-/m0/s1. The van der Waals surface area contributed by atoms with Gasteiger partial charge in [-0.25, -0.2) is 0 Å². The lowest BCUT2D eigenvalue weighted by Crippen LogP contribution is -2.28. The molecule has 8 nitrogen and oxygen atoms in total. The van der Waals surface area contributed by atoms with Crippen LogP contribution in [0.3, 0.4) is 0 Å². The van der Waals surface area contributed by atoms with E-state index in [1.54, 1.807) is 28.7 Å². The van der Waals surface area contributed by atoms with E-state index in [-0.39, 0.29) is 22.8 Å². The Balaban J connectivity index is 1.54. The largest absolute Gasteiger partial charge is 0.435 e. The molecule has 1 atom stereocenters. The van der Waals surface area contributed by atoms with Gasteiger partial charge in [0.2, 0.25) is 5.91 Å². The zero-order valence-corrected chi connectivity index (χ0v) is 18.4. The maximum absolute atomic E-state index is 13.4. The third-order valence-electron chi connectivity index (χ3n) is 5.53. The van der Waals surface area contributed by atoms with Crippen molar-refractivity contribution in [1.29, 1.82) is 0 Å². The molecule has 172 valence electrons. The van der Waals surface area contributed by atoms with Gasteiger partial charge in [0.1, 0.15) is 11.1 Å². The first-order valence-electron chi connectivity index (χ1n) is 10.4. The molecule has 12 heteroatoms. The number of nitrogens with one attached hydrogen (secondary N) is 1. The number of halogens is 4. The molecule has 0 fully saturated rings. The van der Waals surface area contributed by atoms with Crippen LogP contribution in [0.5, 0.6) is 0 Å². The highest BCUT2D eigenvalue weighted by molar-refractivity contribution is 6.33. The molecule has 4 rings (SSSR count). The summed E-state index contributed by atoms with van der Waals surface area (Å²) >= 11 is 6.25. The zero-order chi connectivity index (χ0) is 23.0. The van der Waals surface area contributed by atoms with E-state index in [1.807, 2.05) is 13.1 Å². The lowest BCUT2D eigenvalue weighted by molar-refractivity contribution is -0.142. The lowest BCUT2D eigenvalue weighted by atomic mass is 10.1. The van der Waals surface area contributed by atoms with Crippen molar-refractivity contribution < 1.29 is 18.0 Å². The minimum Gasteiger partial charge on any atom is -0.306 e. The highest BCUT2D eigenvalue weighted by atomic mass is 35.5. The Morgan fingerprint density at radius 1 is 1.22 bits per heavy atom. The first kappa shape index (κ1) is 22.4. The molecule has 0 saturated carbocycles. The zero-order valence-electron chi connectivity index (χ0n) is 17.7. The average molecular weight is 470 g/mol. The maximum Gasteiger partial charge on any atom is 0.435 e. The van der Waals surface area contributed by atoms with E-state index in [0.717, 1.165) is 12.1 Å². The Hall–Kier alpha value is -2.82. The molecule has 1 N–H and O–H groups in total. The summed E-state index contributed by atoms with van der Waals surface area (Å²) in [5, 5.41) is 15.2. The van der Waals surface area contributed by atoms with Gasteiger partial charge < -0.3 is 5.32 Å². The molecule has 3 aromatic heterocycles. The molecule has 1 aliphatic carbocycles. The number of aryl methyl sites for hydroxylation is 1. The molecule has 3 aromatic rings.